The number of aromatic nitrogens is 2. The number of nitrogen functional groups attached to an aromatic ring is 1. The second kappa shape index (κ2) is 5.10. The van der Waals surface area contributed by atoms with E-state index in [9.17, 15) is 8.42 Å². The van der Waals surface area contributed by atoms with Crippen molar-refractivity contribution >= 4 is 26.5 Å². The number of nitrogens with two attached hydrogens (primary N) is 1. The molecule has 0 aromatic carbocycles. The Balaban J connectivity index is 2.19. The minimum Gasteiger partial charge on any atom is -0.374 e. The summed E-state index contributed by atoms with van der Waals surface area (Å²) in [7, 11) is -3.51. The Bertz CT molecular complexity index is 508. The van der Waals surface area contributed by atoms with Gasteiger partial charge in [-0.2, -0.15) is 4.31 Å². The van der Waals surface area contributed by atoms with Gasteiger partial charge in [0.1, 0.15) is 0 Å². The van der Waals surface area contributed by atoms with E-state index in [1.165, 1.54) is 0 Å². The minimum atomic E-state index is -3.51. The van der Waals surface area contributed by atoms with Crippen molar-refractivity contribution in [1.82, 2.24) is 14.5 Å². The fraction of sp³-hybridized carbons (Fsp3) is 0.800. The molecule has 2 N–H and O–H groups in total. The zero-order valence-electron chi connectivity index (χ0n) is 10.5. The standard InChI is InChI=1S/C10H18N4O2S2/c1-7(2)5-6-14(8-3-4-8)18(15,16)10-13-12-9(11)17-10/h7-8H,3-6H2,1-2H3,(H2,11,12). The highest BCUT2D eigenvalue weighted by Gasteiger charge is 2.39. The topological polar surface area (TPSA) is 89.2 Å². The Hall–Kier alpha value is -0.730. The van der Waals surface area contributed by atoms with Crippen LogP contribution < -0.4 is 5.73 Å². The zero-order chi connectivity index (χ0) is 13.3. The maximum absolute atomic E-state index is 12.4. The summed E-state index contributed by atoms with van der Waals surface area (Å²) in [5, 5.41) is 7.43. The monoisotopic (exact) mass is 290 g/mol. The molecule has 1 saturated carbocycles. The Morgan fingerprint density at radius 2 is 2.11 bits per heavy atom. The van der Waals surface area contributed by atoms with Crippen molar-refractivity contribution in [2.45, 2.75) is 43.5 Å². The van der Waals surface area contributed by atoms with Gasteiger partial charge in [0.25, 0.3) is 10.0 Å². The fourth-order valence-electron chi connectivity index (χ4n) is 1.67. The molecule has 0 aliphatic heterocycles. The maximum Gasteiger partial charge on any atom is 0.272 e. The first kappa shape index (κ1) is 13.7. The molecule has 1 aliphatic carbocycles. The average molecular weight is 290 g/mol. The van der Waals surface area contributed by atoms with Crippen molar-refractivity contribution in [1.29, 1.82) is 0 Å². The quantitative estimate of drug-likeness (QED) is 0.853. The first-order chi connectivity index (χ1) is 8.41. The molecule has 102 valence electrons. The van der Waals surface area contributed by atoms with Crippen LogP contribution in [0.5, 0.6) is 0 Å². The third kappa shape index (κ3) is 2.99. The molecule has 2 rings (SSSR count). The summed E-state index contributed by atoms with van der Waals surface area (Å²) < 4.78 is 26.4. The van der Waals surface area contributed by atoms with Gasteiger partial charge in [-0.25, -0.2) is 8.42 Å². The molecule has 1 aliphatic rings. The fourth-order valence-corrected chi connectivity index (χ4v) is 4.27. The van der Waals surface area contributed by atoms with E-state index >= 15 is 0 Å². The Labute approximate surface area is 111 Å². The van der Waals surface area contributed by atoms with Crippen molar-refractivity contribution in [2.75, 3.05) is 12.3 Å². The number of sulfonamides is 1. The van der Waals surface area contributed by atoms with Gasteiger partial charge in [0.15, 0.2) is 0 Å². The Kier molecular flexibility index (Phi) is 3.88. The molecule has 1 aromatic heterocycles. The molecular weight excluding hydrogens is 272 g/mol. The lowest BCUT2D eigenvalue weighted by molar-refractivity contribution is 0.373. The van der Waals surface area contributed by atoms with Crippen molar-refractivity contribution in [2.24, 2.45) is 5.92 Å². The van der Waals surface area contributed by atoms with Gasteiger partial charge in [0.05, 0.1) is 0 Å². The highest BCUT2D eigenvalue weighted by Crippen LogP contribution is 2.33. The summed E-state index contributed by atoms with van der Waals surface area (Å²) in [4.78, 5) is 0. The van der Waals surface area contributed by atoms with Crippen LogP contribution >= 0.6 is 11.3 Å². The van der Waals surface area contributed by atoms with Crippen LogP contribution in [0.1, 0.15) is 33.1 Å². The lowest BCUT2D eigenvalue weighted by Crippen LogP contribution is -2.34. The van der Waals surface area contributed by atoms with E-state index < -0.39 is 10.0 Å². The van der Waals surface area contributed by atoms with Gasteiger partial charge < -0.3 is 5.73 Å². The van der Waals surface area contributed by atoms with Gasteiger partial charge in [-0.15, -0.1) is 10.2 Å². The van der Waals surface area contributed by atoms with E-state index in [1.807, 2.05) is 0 Å². The summed E-state index contributed by atoms with van der Waals surface area (Å²) in [6.07, 6.45) is 2.72. The summed E-state index contributed by atoms with van der Waals surface area (Å²) in [5.74, 6) is 0.473. The van der Waals surface area contributed by atoms with E-state index in [-0.39, 0.29) is 15.5 Å². The third-order valence-corrected chi connectivity index (χ3v) is 5.88. The van der Waals surface area contributed by atoms with Crippen molar-refractivity contribution in [3.8, 4) is 0 Å². The zero-order valence-corrected chi connectivity index (χ0v) is 12.2. The molecule has 1 fully saturated rings. The lowest BCUT2D eigenvalue weighted by Gasteiger charge is -2.20. The molecule has 0 amide bonds. The Morgan fingerprint density at radius 1 is 1.44 bits per heavy atom. The summed E-state index contributed by atoms with van der Waals surface area (Å²) in [5.41, 5.74) is 5.45. The normalized spacial score (nSPS) is 16.7. The van der Waals surface area contributed by atoms with Gasteiger partial charge in [-0.3, -0.25) is 0 Å². The molecule has 6 nitrogen and oxygen atoms in total. The van der Waals surface area contributed by atoms with Crippen LogP contribution in [0, 0.1) is 5.92 Å². The van der Waals surface area contributed by atoms with Crippen molar-refractivity contribution < 1.29 is 8.42 Å². The van der Waals surface area contributed by atoms with E-state index in [4.69, 9.17) is 5.73 Å². The molecule has 0 spiro atoms. The smallest absolute Gasteiger partial charge is 0.272 e. The van der Waals surface area contributed by atoms with E-state index in [0.717, 1.165) is 30.6 Å². The summed E-state index contributed by atoms with van der Waals surface area (Å²) >= 11 is 0.928. The van der Waals surface area contributed by atoms with E-state index in [1.54, 1.807) is 4.31 Å². The van der Waals surface area contributed by atoms with Gasteiger partial charge >= 0.3 is 0 Å². The van der Waals surface area contributed by atoms with Gasteiger partial charge in [-0.05, 0) is 25.2 Å². The molecule has 8 heteroatoms. The highest BCUT2D eigenvalue weighted by atomic mass is 32.2. The predicted octanol–water partition coefficient (Wildman–Crippen LogP) is 1.32. The lowest BCUT2D eigenvalue weighted by atomic mass is 10.1. The molecule has 1 aromatic rings. The molecule has 0 bridgehead atoms. The summed E-state index contributed by atoms with van der Waals surface area (Å²) in [6, 6.07) is 0.138. The minimum absolute atomic E-state index is 0.00987. The van der Waals surface area contributed by atoms with Crippen LogP contribution in [0.15, 0.2) is 4.34 Å². The SMILES string of the molecule is CC(C)CCN(C1CC1)S(=O)(=O)c1nnc(N)s1. The second-order valence-electron chi connectivity index (χ2n) is 4.94. The average Bonchev–Trinajstić information content (AvgIpc) is 2.99. The van der Waals surface area contributed by atoms with Crippen LogP contribution in [0.4, 0.5) is 5.13 Å². The molecule has 1 heterocycles. The second-order valence-corrected chi connectivity index (χ2v) is 8.01. The van der Waals surface area contributed by atoms with Crippen molar-refractivity contribution in [3.05, 3.63) is 0 Å². The molecule has 0 radical (unpaired) electrons. The van der Waals surface area contributed by atoms with Gasteiger partial charge in [0, 0.05) is 12.6 Å². The summed E-state index contributed by atoms with van der Waals surface area (Å²) in [6.45, 7) is 4.71. The van der Waals surface area contributed by atoms with Crippen LogP contribution in [-0.4, -0.2) is 35.5 Å². The van der Waals surface area contributed by atoms with E-state index in [0.29, 0.717) is 12.5 Å². The first-order valence-electron chi connectivity index (χ1n) is 6.02. The molecule has 0 unspecified atom stereocenters. The number of rotatable bonds is 6. The van der Waals surface area contributed by atoms with Crippen LogP contribution in [0.3, 0.4) is 0 Å². The number of anilines is 1. The molecule has 0 atom stereocenters. The molecular formula is C10H18N4O2S2. The largest absolute Gasteiger partial charge is 0.374 e. The van der Waals surface area contributed by atoms with E-state index in [2.05, 4.69) is 24.0 Å². The highest BCUT2D eigenvalue weighted by molar-refractivity contribution is 7.91. The number of hydrogen-bond acceptors (Lipinski definition) is 6. The van der Waals surface area contributed by atoms with Gasteiger partial charge in [0.2, 0.25) is 9.47 Å². The van der Waals surface area contributed by atoms with Crippen molar-refractivity contribution in [3.63, 3.8) is 0 Å². The number of hydrogen-bond donors (Lipinski definition) is 1. The maximum atomic E-state index is 12.4. The third-order valence-electron chi connectivity index (χ3n) is 2.83. The van der Waals surface area contributed by atoms with Crippen LogP contribution in [0.2, 0.25) is 0 Å². The predicted molar refractivity (Wildman–Crippen MR) is 70.7 cm³/mol. The van der Waals surface area contributed by atoms with Crippen LogP contribution in [0.25, 0.3) is 0 Å². The number of nitrogens with zero attached hydrogens (tertiary/aromatic N) is 3. The van der Waals surface area contributed by atoms with Crippen LogP contribution in [-0.2, 0) is 10.0 Å². The van der Waals surface area contributed by atoms with Gasteiger partial charge in [-0.1, -0.05) is 25.2 Å². The molecule has 0 saturated heterocycles. The first-order valence-corrected chi connectivity index (χ1v) is 8.27. The molecule has 18 heavy (non-hydrogen) atoms. The Morgan fingerprint density at radius 3 is 2.56 bits per heavy atom.